The number of carbonyl (C=O) groups excluding carboxylic acids is 1. The molecule has 0 spiro atoms. The van der Waals surface area contributed by atoms with Crippen LogP contribution >= 0.6 is 0 Å². The van der Waals surface area contributed by atoms with Gasteiger partial charge in [0.1, 0.15) is 11.5 Å². The van der Waals surface area contributed by atoms with Gasteiger partial charge in [-0.15, -0.1) is 0 Å². The van der Waals surface area contributed by atoms with Crippen LogP contribution in [0.4, 0.5) is 11.4 Å². The average Bonchev–Trinajstić information content (AvgIpc) is 2.74. The molecular formula is C23H24N2O5S. The van der Waals surface area contributed by atoms with Gasteiger partial charge in [0.15, 0.2) is 6.61 Å². The van der Waals surface area contributed by atoms with Crippen LogP contribution in [-0.4, -0.2) is 28.0 Å². The Kier molecular flexibility index (Phi) is 6.81. The number of methoxy groups -OCH3 is 1. The first kappa shape index (κ1) is 22.2. The molecule has 3 rings (SSSR count). The molecule has 31 heavy (non-hydrogen) atoms. The van der Waals surface area contributed by atoms with Gasteiger partial charge in [-0.25, -0.2) is 8.42 Å². The predicted molar refractivity (Wildman–Crippen MR) is 120 cm³/mol. The van der Waals surface area contributed by atoms with E-state index in [4.69, 9.17) is 9.47 Å². The molecule has 0 aliphatic carbocycles. The van der Waals surface area contributed by atoms with Gasteiger partial charge in [-0.1, -0.05) is 24.3 Å². The van der Waals surface area contributed by atoms with Crippen LogP contribution in [0.5, 0.6) is 11.5 Å². The van der Waals surface area contributed by atoms with E-state index in [2.05, 4.69) is 10.0 Å². The Morgan fingerprint density at radius 1 is 0.935 bits per heavy atom. The first-order chi connectivity index (χ1) is 14.8. The van der Waals surface area contributed by atoms with Crippen molar-refractivity contribution >= 4 is 27.3 Å². The van der Waals surface area contributed by atoms with E-state index in [1.54, 1.807) is 24.3 Å². The number of hydrogen-bond acceptors (Lipinski definition) is 5. The summed E-state index contributed by atoms with van der Waals surface area (Å²) in [7, 11) is -2.21. The number of amides is 1. The Hall–Kier alpha value is -3.52. The van der Waals surface area contributed by atoms with Gasteiger partial charge in [0, 0.05) is 0 Å². The van der Waals surface area contributed by atoms with Gasteiger partial charge in [0.2, 0.25) is 0 Å². The topological polar surface area (TPSA) is 93.7 Å². The SMILES string of the molecule is COc1ccc(C)cc1NC(=O)COc1ccc(S(=O)(=O)Nc2ccccc2C)cc1. The number of rotatable bonds is 8. The largest absolute Gasteiger partial charge is 0.495 e. The molecule has 8 heteroatoms. The maximum absolute atomic E-state index is 12.6. The molecule has 162 valence electrons. The molecule has 0 saturated carbocycles. The van der Waals surface area contributed by atoms with Crippen molar-refractivity contribution in [1.29, 1.82) is 0 Å². The van der Waals surface area contributed by atoms with Gasteiger partial charge in [-0.05, 0) is 67.4 Å². The van der Waals surface area contributed by atoms with E-state index >= 15 is 0 Å². The number of nitrogens with one attached hydrogen (secondary N) is 2. The van der Waals surface area contributed by atoms with Crippen LogP contribution < -0.4 is 19.5 Å². The zero-order valence-corrected chi connectivity index (χ0v) is 18.3. The number of anilines is 2. The standard InChI is InChI=1S/C23H24N2O5S/c1-16-8-13-22(29-3)21(14-16)24-23(26)15-30-18-9-11-19(12-10-18)31(27,28)25-20-7-5-4-6-17(20)2/h4-14,25H,15H2,1-3H3,(H,24,26). The number of ether oxygens (including phenoxy) is 2. The normalized spacial score (nSPS) is 10.9. The van der Waals surface area contributed by atoms with Crippen LogP contribution in [0.2, 0.25) is 0 Å². The lowest BCUT2D eigenvalue weighted by Crippen LogP contribution is -2.20. The second kappa shape index (κ2) is 9.53. The Morgan fingerprint density at radius 2 is 1.65 bits per heavy atom. The van der Waals surface area contributed by atoms with Crippen molar-refractivity contribution in [3.8, 4) is 11.5 Å². The van der Waals surface area contributed by atoms with E-state index in [9.17, 15) is 13.2 Å². The van der Waals surface area contributed by atoms with Crippen molar-refractivity contribution in [3.05, 3.63) is 77.9 Å². The Bertz CT molecular complexity index is 1170. The number of sulfonamides is 1. The van der Waals surface area contributed by atoms with E-state index in [-0.39, 0.29) is 17.4 Å². The van der Waals surface area contributed by atoms with Crippen molar-refractivity contribution < 1.29 is 22.7 Å². The van der Waals surface area contributed by atoms with Gasteiger partial charge in [-0.3, -0.25) is 9.52 Å². The van der Waals surface area contributed by atoms with Crippen LogP contribution in [0.3, 0.4) is 0 Å². The fourth-order valence-electron chi connectivity index (χ4n) is 2.86. The second-order valence-electron chi connectivity index (χ2n) is 6.93. The minimum Gasteiger partial charge on any atom is -0.495 e. The van der Waals surface area contributed by atoms with Crippen molar-refractivity contribution in [2.24, 2.45) is 0 Å². The summed E-state index contributed by atoms with van der Waals surface area (Å²) in [5, 5.41) is 2.75. The molecule has 3 aromatic rings. The Balaban J connectivity index is 1.61. The van der Waals surface area contributed by atoms with Gasteiger partial charge in [0.25, 0.3) is 15.9 Å². The Labute approximate surface area is 182 Å². The van der Waals surface area contributed by atoms with Crippen LogP contribution in [-0.2, 0) is 14.8 Å². The zero-order chi connectivity index (χ0) is 22.4. The van der Waals surface area contributed by atoms with Crippen LogP contribution in [0, 0.1) is 13.8 Å². The highest BCUT2D eigenvalue weighted by Gasteiger charge is 2.15. The molecule has 0 radical (unpaired) electrons. The molecule has 1 amide bonds. The van der Waals surface area contributed by atoms with Crippen LogP contribution in [0.15, 0.2) is 71.6 Å². The summed E-state index contributed by atoms with van der Waals surface area (Å²) in [5.41, 5.74) is 2.88. The zero-order valence-electron chi connectivity index (χ0n) is 17.5. The van der Waals surface area contributed by atoms with Crippen molar-refractivity contribution in [2.75, 3.05) is 23.8 Å². The highest BCUT2D eigenvalue weighted by Crippen LogP contribution is 2.25. The molecule has 0 aromatic heterocycles. The summed E-state index contributed by atoms with van der Waals surface area (Å²) in [6.45, 7) is 3.51. The molecule has 0 aliphatic rings. The summed E-state index contributed by atoms with van der Waals surface area (Å²) in [5.74, 6) is 0.567. The van der Waals surface area contributed by atoms with Gasteiger partial charge < -0.3 is 14.8 Å². The molecule has 0 saturated heterocycles. The number of hydrogen-bond donors (Lipinski definition) is 2. The average molecular weight is 441 g/mol. The summed E-state index contributed by atoms with van der Waals surface area (Å²) in [4.78, 5) is 12.3. The molecule has 0 fully saturated rings. The highest BCUT2D eigenvalue weighted by molar-refractivity contribution is 7.92. The third-order valence-electron chi connectivity index (χ3n) is 4.52. The first-order valence-corrected chi connectivity index (χ1v) is 11.0. The molecule has 2 N–H and O–H groups in total. The molecule has 3 aromatic carbocycles. The number of para-hydroxylation sites is 1. The monoisotopic (exact) mass is 440 g/mol. The lowest BCUT2D eigenvalue weighted by molar-refractivity contribution is -0.118. The number of benzene rings is 3. The van der Waals surface area contributed by atoms with Gasteiger partial charge >= 0.3 is 0 Å². The summed E-state index contributed by atoms with van der Waals surface area (Å²) >= 11 is 0. The van der Waals surface area contributed by atoms with E-state index in [0.29, 0.717) is 22.9 Å². The van der Waals surface area contributed by atoms with E-state index in [1.807, 2.05) is 32.0 Å². The minimum absolute atomic E-state index is 0.0945. The quantitative estimate of drug-likeness (QED) is 0.549. The first-order valence-electron chi connectivity index (χ1n) is 9.54. The third-order valence-corrected chi connectivity index (χ3v) is 5.90. The molecule has 0 aliphatic heterocycles. The minimum atomic E-state index is -3.74. The maximum Gasteiger partial charge on any atom is 0.262 e. The fraction of sp³-hybridized carbons (Fsp3) is 0.174. The molecule has 7 nitrogen and oxygen atoms in total. The van der Waals surface area contributed by atoms with E-state index in [1.165, 1.54) is 31.4 Å². The molecule has 0 atom stereocenters. The molecule has 0 bridgehead atoms. The molecule has 0 heterocycles. The van der Waals surface area contributed by atoms with E-state index < -0.39 is 10.0 Å². The lowest BCUT2D eigenvalue weighted by Gasteiger charge is -2.12. The third kappa shape index (κ3) is 5.76. The summed E-state index contributed by atoms with van der Waals surface area (Å²) in [6.07, 6.45) is 0. The smallest absolute Gasteiger partial charge is 0.262 e. The predicted octanol–water partition coefficient (Wildman–Crippen LogP) is 4.13. The highest BCUT2D eigenvalue weighted by atomic mass is 32.2. The lowest BCUT2D eigenvalue weighted by atomic mass is 10.2. The second-order valence-corrected chi connectivity index (χ2v) is 8.61. The summed E-state index contributed by atoms with van der Waals surface area (Å²) < 4.78 is 38.5. The number of carbonyl (C=O) groups is 1. The summed E-state index contributed by atoms with van der Waals surface area (Å²) in [6, 6.07) is 18.5. The fourth-order valence-corrected chi connectivity index (χ4v) is 3.99. The van der Waals surface area contributed by atoms with Crippen molar-refractivity contribution in [2.45, 2.75) is 18.7 Å². The Morgan fingerprint density at radius 3 is 2.32 bits per heavy atom. The van der Waals surface area contributed by atoms with Crippen molar-refractivity contribution in [3.63, 3.8) is 0 Å². The van der Waals surface area contributed by atoms with Gasteiger partial charge in [-0.2, -0.15) is 0 Å². The van der Waals surface area contributed by atoms with Crippen LogP contribution in [0.25, 0.3) is 0 Å². The van der Waals surface area contributed by atoms with Crippen LogP contribution in [0.1, 0.15) is 11.1 Å². The number of aryl methyl sites for hydroxylation is 2. The molecule has 0 unspecified atom stereocenters. The van der Waals surface area contributed by atoms with Gasteiger partial charge in [0.05, 0.1) is 23.4 Å². The maximum atomic E-state index is 12.6. The molecular weight excluding hydrogens is 416 g/mol. The van der Waals surface area contributed by atoms with E-state index in [0.717, 1.165) is 11.1 Å². The van der Waals surface area contributed by atoms with Crippen molar-refractivity contribution in [1.82, 2.24) is 0 Å².